The number of thioether (sulfide) groups is 1. The third kappa shape index (κ3) is 5.26. The van der Waals surface area contributed by atoms with Crippen LogP contribution in [0.1, 0.15) is 16.7 Å². The van der Waals surface area contributed by atoms with Gasteiger partial charge in [0.2, 0.25) is 0 Å². The van der Waals surface area contributed by atoms with Crippen molar-refractivity contribution in [2.75, 3.05) is 7.11 Å². The number of carbonyl (C=O) groups is 2. The number of amides is 2. The molecule has 3 aromatic rings. The summed E-state index contributed by atoms with van der Waals surface area (Å²) in [5.74, 6) is 0.602. The lowest BCUT2D eigenvalue weighted by molar-refractivity contribution is -0.384. The topological polar surface area (TPSA) is 99.0 Å². The van der Waals surface area contributed by atoms with E-state index in [1.54, 1.807) is 36.4 Å². The number of nitro benzene ring substituents is 1. The Morgan fingerprint density at radius 2 is 1.71 bits per heavy atom. The highest BCUT2D eigenvalue weighted by Crippen LogP contribution is 2.35. The Bertz CT molecular complexity index is 1260. The van der Waals surface area contributed by atoms with Crippen molar-refractivity contribution in [3.8, 4) is 11.5 Å². The summed E-state index contributed by atoms with van der Waals surface area (Å²) < 4.78 is 11.2. The maximum Gasteiger partial charge on any atom is 0.293 e. The quantitative estimate of drug-likeness (QED) is 0.243. The molecule has 1 saturated heterocycles. The first-order valence-electron chi connectivity index (χ1n) is 10.3. The second-order valence-electron chi connectivity index (χ2n) is 7.38. The molecule has 0 saturated carbocycles. The molecule has 172 valence electrons. The lowest BCUT2D eigenvalue weighted by Gasteiger charge is -2.12. The molecule has 0 spiro atoms. The molecule has 0 aliphatic carbocycles. The van der Waals surface area contributed by atoms with Crippen LogP contribution >= 0.6 is 11.8 Å². The summed E-state index contributed by atoms with van der Waals surface area (Å²) in [6.07, 6.45) is 1.65. The molecule has 3 aromatic carbocycles. The van der Waals surface area contributed by atoms with Gasteiger partial charge in [0.05, 0.1) is 23.5 Å². The van der Waals surface area contributed by atoms with E-state index in [0.717, 1.165) is 22.9 Å². The molecule has 8 nitrogen and oxygen atoms in total. The van der Waals surface area contributed by atoms with Crippen LogP contribution in [0.3, 0.4) is 0 Å². The molecule has 2 amide bonds. The van der Waals surface area contributed by atoms with Crippen LogP contribution < -0.4 is 9.47 Å². The molecule has 4 rings (SSSR count). The number of nitro groups is 1. The van der Waals surface area contributed by atoms with Gasteiger partial charge in [0, 0.05) is 12.1 Å². The van der Waals surface area contributed by atoms with Gasteiger partial charge >= 0.3 is 0 Å². The third-order valence-corrected chi connectivity index (χ3v) is 5.99. The first-order chi connectivity index (χ1) is 16.4. The van der Waals surface area contributed by atoms with Gasteiger partial charge in [0.15, 0.2) is 11.5 Å². The Labute approximate surface area is 199 Å². The van der Waals surface area contributed by atoms with Gasteiger partial charge in [0.25, 0.3) is 16.8 Å². The van der Waals surface area contributed by atoms with Gasteiger partial charge in [-0.05, 0) is 58.8 Å². The molecule has 1 fully saturated rings. The van der Waals surface area contributed by atoms with Gasteiger partial charge in [-0.15, -0.1) is 0 Å². The van der Waals surface area contributed by atoms with E-state index in [2.05, 4.69) is 0 Å². The maximum atomic E-state index is 12.8. The summed E-state index contributed by atoms with van der Waals surface area (Å²) in [4.78, 5) is 37.1. The molecule has 9 heteroatoms. The molecule has 1 aliphatic rings. The summed E-state index contributed by atoms with van der Waals surface area (Å²) in [6.45, 7) is 0.424. The lowest BCUT2D eigenvalue weighted by Crippen LogP contribution is -2.27. The number of hydrogen-bond acceptors (Lipinski definition) is 7. The number of non-ortho nitro benzene ring substituents is 1. The van der Waals surface area contributed by atoms with Crippen LogP contribution in [0.15, 0.2) is 77.7 Å². The Morgan fingerprint density at radius 3 is 2.38 bits per heavy atom. The van der Waals surface area contributed by atoms with Crippen molar-refractivity contribution >= 4 is 34.7 Å². The zero-order chi connectivity index (χ0) is 24.1. The summed E-state index contributed by atoms with van der Waals surface area (Å²) in [5.41, 5.74) is 2.34. The average Bonchev–Trinajstić information content (AvgIpc) is 3.11. The zero-order valence-corrected chi connectivity index (χ0v) is 19.0. The smallest absolute Gasteiger partial charge is 0.293 e. The van der Waals surface area contributed by atoms with E-state index < -0.39 is 4.92 Å². The van der Waals surface area contributed by atoms with Crippen molar-refractivity contribution in [3.63, 3.8) is 0 Å². The fourth-order valence-corrected chi connectivity index (χ4v) is 4.16. The van der Waals surface area contributed by atoms with Crippen LogP contribution in [0.5, 0.6) is 11.5 Å². The highest BCUT2D eigenvalue weighted by atomic mass is 32.2. The number of benzene rings is 3. The predicted molar refractivity (Wildman–Crippen MR) is 128 cm³/mol. The third-order valence-electron chi connectivity index (χ3n) is 5.08. The molecule has 1 aliphatic heterocycles. The van der Waals surface area contributed by atoms with E-state index in [-0.39, 0.29) is 30.0 Å². The molecule has 1 heterocycles. The summed E-state index contributed by atoms with van der Waals surface area (Å²) >= 11 is 0.903. The number of ether oxygens (including phenoxy) is 2. The van der Waals surface area contributed by atoms with Gasteiger partial charge in [-0.1, -0.05) is 36.4 Å². The minimum Gasteiger partial charge on any atom is -0.493 e. The predicted octanol–water partition coefficient (Wildman–Crippen LogP) is 5.42. The Kier molecular flexibility index (Phi) is 6.93. The second kappa shape index (κ2) is 10.2. The van der Waals surface area contributed by atoms with Crippen LogP contribution in [0.4, 0.5) is 10.5 Å². The maximum absolute atomic E-state index is 12.8. The van der Waals surface area contributed by atoms with E-state index in [4.69, 9.17) is 9.47 Å². The van der Waals surface area contributed by atoms with Gasteiger partial charge in [0.1, 0.15) is 6.61 Å². The molecule has 0 unspecified atom stereocenters. The molecule has 0 aromatic heterocycles. The number of nitrogens with zero attached hydrogens (tertiary/aromatic N) is 2. The van der Waals surface area contributed by atoms with Crippen molar-refractivity contribution in [3.05, 3.63) is 105 Å². The molecular weight excluding hydrogens is 456 g/mol. The van der Waals surface area contributed by atoms with Crippen molar-refractivity contribution in [1.29, 1.82) is 0 Å². The van der Waals surface area contributed by atoms with Crippen LogP contribution in [0.25, 0.3) is 6.08 Å². The minimum atomic E-state index is -0.456. The molecular formula is C25H20N2O6S. The molecule has 0 atom stereocenters. The average molecular weight is 477 g/mol. The minimum absolute atomic E-state index is 0.0128. The number of methoxy groups -OCH3 is 1. The number of hydrogen-bond donors (Lipinski definition) is 0. The fourth-order valence-electron chi connectivity index (χ4n) is 3.32. The van der Waals surface area contributed by atoms with Crippen LogP contribution in [0, 0.1) is 10.1 Å². The second-order valence-corrected chi connectivity index (χ2v) is 8.37. The van der Waals surface area contributed by atoms with Crippen molar-refractivity contribution in [2.24, 2.45) is 0 Å². The van der Waals surface area contributed by atoms with E-state index in [9.17, 15) is 19.7 Å². The zero-order valence-electron chi connectivity index (χ0n) is 18.2. The Balaban J connectivity index is 1.46. The van der Waals surface area contributed by atoms with Gasteiger partial charge in [-0.2, -0.15) is 0 Å². The SMILES string of the molecule is COc1cc(/C=C2/SC(=O)N(Cc3ccccc3)C2=O)ccc1OCc1ccc([N+](=O)[O-])cc1. The standard InChI is InChI=1S/C25H20N2O6S/c1-32-22-13-19(9-12-21(22)33-16-18-7-10-20(11-8-18)27(30)31)14-23-24(28)26(25(29)34-23)15-17-5-3-2-4-6-17/h2-14H,15-16H2,1H3/b23-14+. The van der Waals surface area contributed by atoms with Crippen molar-refractivity contribution in [1.82, 2.24) is 4.90 Å². The Morgan fingerprint density at radius 1 is 0.971 bits per heavy atom. The number of carbonyl (C=O) groups excluding carboxylic acids is 2. The number of rotatable bonds is 8. The van der Waals surface area contributed by atoms with Gasteiger partial charge in [-0.25, -0.2) is 0 Å². The van der Waals surface area contributed by atoms with E-state index >= 15 is 0 Å². The lowest BCUT2D eigenvalue weighted by atomic mass is 10.1. The highest BCUT2D eigenvalue weighted by Gasteiger charge is 2.35. The molecule has 0 N–H and O–H groups in total. The largest absolute Gasteiger partial charge is 0.493 e. The fraction of sp³-hybridized carbons (Fsp3) is 0.120. The molecule has 0 bridgehead atoms. The monoisotopic (exact) mass is 476 g/mol. The summed E-state index contributed by atoms with van der Waals surface area (Å²) in [5, 5.41) is 10.5. The van der Waals surface area contributed by atoms with Crippen LogP contribution in [0.2, 0.25) is 0 Å². The molecule has 34 heavy (non-hydrogen) atoms. The van der Waals surface area contributed by atoms with Crippen molar-refractivity contribution < 1.29 is 24.0 Å². The van der Waals surface area contributed by atoms with Crippen LogP contribution in [-0.4, -0.2) is 28.1 Å². The first-order valence-corrected chi connectivity index (χ1v) is 11.1. The Hall–Kier alpha value is -4.11. The van der Waals surface area contributed by atoms with Crippen LogP contribution in [-0.2, 0) is 17.9 Å². The van der Waals surface area contributed by atoms with E-state index in [0.29, 0.717) is 22.0 Å². The van der Waals surface area contributed by atoms with E-state index in [1.807, 2.05) is 30.3 Å². The van der Waals surface area contributed by atoms with Gasteiger partial charge in [-0.3, -0.25) is 24.6 Å². The first kappa shape index (κ1) is 23.1. The normalized spacial score (nSPS) is 14.5. The van der Waals surface area contributed by atoms with Gasteiger partial charge < -0.3 is 9.47 Å². The number of imide groups is 1. The van der Waals surface area contributed by atoms with Crippen molar-refractivity contribution in [2.45, 2.75) is 13.2 Å². The van der Waals surface area contributed by atoms with E-state index in [1.165, 1.54) is 24.1 Å². The summed E-state index contributed by atoms with van der Waals surface area (Å²) in [7, 11) is 1.51. The highest BCUT2D eigenvalue weighted by molar-refractivity contribution is 8.18. The summed E-state index contributed by atoms with van der Waals surface area (Å²) in [6, 6.07) is 20.6. The molecule has 0 radical (unpaired) electrons.